The molecule has 0 radical (unpaired) electrons. The van der Waals surface area contributed by atoms with Crippen LogP contribution in [0.1, 0.15) is 23.0 Å². The lowest BCUT2D eigenvalue weighted by molar-refractivity contribution is 0.106. The van der Waals surface area contributed by atoms with E-state index in [0.29, 0.717) is 6.42 Å². The van der Waals surface area contributed by atoms with Gasteiger partial charge in [0.15, 0.2) is 0 Å². The molecule has 2 nitrogen and oxygen atoms in total. The molecule has 1 aromatic heterocycles. The van der Waals surface area contributed by atoms with Gasteiger partial charge < -0.3 is 10.2 Å². The summed E-state index contributed by atoms with van der Waals surface area (Å²) in [5.74, 6) is 0.256. The summed E-state index contributed by atoms with van der Waals surface area (Å²) < 4.78 is 0. The number of aliphatic hydroxyl groups is 2. The molecule has 12 heavy (non-hydrogen) atoms. The number of hydrogen-bond acceptors (Lipinski definition) is 3. The third-order valence-electron chi connectivity index (χ3n) is 2.43. The van der Waals surface area contributed by atoms with E-state index in [2.05, 4.69) is 0 Å². The van der Waals surface area contributed by atoms with Gasteiger partial charge in [0.05, 0.1) is 6.10 Å². The van der Waals surface area contributed by atoms with Crippen molar-refractivity contribution in [3.8, 4) is 0 Å². The Kier molecular flexibility index (Phi) is 2.17. The molecule has 1 aromatic rings. The van der Waals surface area contributed by atoms with Crippen LogP contribution in [-0.4, -0.2) is 16.8 Å². The SMILES string of the molecule is OCC1Cc2sccc2C(O)C1. The van der Waals surface area contributed by atoms with Crippen LogP contribution in [-0.2, 0) is 6.42 Å². The maximum atomic E-state index is 9.65. The van der Waals surface area contributed by atoms with E-state index in [9.17, 15) is 5.11 Å². The quantitative estimate of drug-likeness (QED) is 0.691. The minimum absolute atomic E-state index is 0.189. The lowest BCUT2D eigenvalue weighted by Gasteiger charge is -2.24. The summed E-state index contributed by atoms with van der Waals surface area (Å²) in [7, 11) is 0. The minimum Gasteiger partial charge on any atom is -0.396 e. The van der Waals surface area contributed by atoms with E-state index in [1.54, 1.807) is 11.3 Å². The highest BCUT2D eigenvalue weighted by Crippen LogP contribution is 2.35. The molecule has 0 fully saturated rings. The first-order valence-corrected chi connectivity index (χ1v) is 5.04. The number of aliphatic hydroxyl groups excluding tert-OH is 2. The van der Waals surface area contributed by atoms with Crippen LogP contribution < -0.4 is 0 Å². The number of hydrogen-bond donors (Lipinski definition) is 2. The molecule has 2 rings (SSSR count). The zero-order valence-electron chi connectivity index (χ0n) is 6.73. The molecule has 0 aliphatic heterocycles. The van der Waals surface area contributed by atoms with E-state index in [0.717, 1.165) is 12.0 Å². The van der Waals surface area contributed by atoms with Crippen LogP contribution >= 0.6 is 11.3 Å². The normalized spacial score (nSPS) is 28.5. The fraction of sp³-hybridized carbons (Fsp3) is 0.556. The number of rotatable bonds is 1. The van der Waals surface area contributed by atoms with Gasteiger partial charge in [-0.3, -0.25) is 0 Å². The minimum atomic E-state index is -0.350. The first kappa shape index (κ1) is 8.23. The predicted molar refractivity (Wildman–Crippen MR) is 48.2 cm³/mol. The van der Waals surface area contributed by atoms with Gasteiger partial charge in [-0.05, 0) is 35.8 Å². The average molecular weight is 184 g/mol. The van der Waals surface area contributed by atoms with Crippen LogP contribution in [0.4, 0.5) is 0 Å². The molecule has 2 N–H and O–H groups in total. The van der Waals surface area contributed by atoms with Crippen molar-refractivity contribution in [1.29, 1.82) is 0 Å². The molecule has 2 unspecified atom stereocenters. The summed E-state index contributed by atoms with van der Waals surface area (Å²) in [4.78, 5) is 1.24. The van der Waals surface area contributed by atoms with Gasteiger partial charge in [-0.25, -0.2) is 0 Å². The van der Waals surface area contributed by atoms with Gasteiger partial charge in [0, 0.05) is 11.5 Å². The van der Waals surface area contributed by atoms with Crippen LogP contribution in [0.2, 0.25) is 0 Å². The van der Waals surface area contributed by atoms with E-state index in [4.69, 9.17) is 5.11 Å². The van der Waals surface area contributed by atoms with Crippen molar-refractivity contribution in [2.24, 2.45) is 5.92 Å². The Morgan fingerprint density at radius 2 is 2.42 bits per heavy atom. The maximum Gasteiger partial charge on any atom is 0.0804 e. The van der Waals surface area contributed by atoms with Crippen molar-refractivity contribution in [3.05, 3.63) is 21.9 Å². The molecule has 1 aliphatic rings. The second-order valence-corrected chi connectivity index (χ2v) is 4.30. The Hall–Kier alpha value is -0.380. The molecule has 0 spiro atoms. The lowest BCUT2D eigenvalue weighted by Crippen LogP contribution is -2.19. The summed E-state index contributed by atoms with van der Waals surface area (Å²) >= 11 is 1.68. The zero-order chi connectivity index (χ0) is 8.55. The molecular weight excluding hydrogens is 172 g/mol. The average Bonchev–Trinajstić information content (AvgIpc) is 2.52. The van der Waals surface area contributed by atoms with Crippen molar-refractivity contribution in [3.63, 3.8) is 0 Å². The molecule has 1 aliphatic carbocycles. The molecule has 0 amide bonds. The summed E-state index contributed by atoms with van der Waals surface area (Å²) in [6.45, 7) is 0.189. The second kappa shape index (κ2) is 3.17. The van der Waals surface area contributed by atoms with E-state index >= 15 is 0 Å². The van der Waals surface area contributed by atoms with Gasteiger partial charge in [-0.1, -0.05) is 0 Å². The Balaban J connectivity index is 2.26. The molecule has 1 heterocycles. The molecule has 0 aromatic carbocycles. The monoisotopic (exact) mass is 184 g/mol. The van der Waals surface area contributed by atoms with Crippen LogP contribution in [0.5, 0.6) is 0 Å². The second-order valence-electron chi connectivity index (χ2n) is 3.30. The largest absolute Gasteiger partial charge is 0.396 e. The Bertz CT molecular complexity index is 269. The third kappa shape index (κ3) is 1.28. The van der Waals surface area contributed by atoms with Gasteiger partial charge in [0.1, 0.15) is 0 Å². The van der Waals surface area contributed by atoms with E-state index in [-0.39, 0.29) is 18.6 Å². The Morgan fingerprint density at radius 1 is 1.58 bits per heavy atom. The van der Waals surface area contributed by atoms with Crippen molar-refractivity contribution in [2.45, 2.75) is 18.9 Å². The first-order chi connectivity index (χ1) is 5.81. The van der Waals surface area contributed by atoms with Crippen LogP contribution in [0.25, 0.3) is 0 Å². The lowest BCUT2D eigenvalue weighted by atomic mass is 9.87. The highest BCUT2D eigenvalue weighted by Gasteiger charge is 2.25. The van der Waals surface area contributed by atoms with Crippen molar-refractivity contribution < 1.29 is 10.2 Å². The fourth-order valence-corrected chi connectivity index (χ4v) is 2.79. The third-order valence-corrected chi connectivity index (χ3v) is 3.39. The molecule has 2 atom stereocenters. The first-order valence-electron chi connectivity index (χ1n) is 4.16. The molecular formula is C9H12O2S. The summed E-state index contributed by atoms with van der Waals surface area (Å²) in [5.41, 5.74) is 1.07. The van der Waals surface area contributed by atoms with Crippen molar-refractivity contribution >= 4 is 11.3 Å². The summed E-state index contributed by atoms with van der Waals surface area (Å²) in [6, 6.07) is 1.98. The predicted octanol–water partition coefficient (Wildman–Crippen LogP) is 1.34. The standard InChI is InChI=1S/C9H12O2S/c10-5-6-3-8(11)7-1-2-12-9(7)4-6/h1-2,6,8,10-11H,3-5H2. The molecule has 0 bridgehead atoms. The molecule has 0 saturated heterocycles. The van der Waals surface area contributed by atoms with Crippen molar-refractivity contribution in [2.75, 3.05) is 6.61 Å². The zero-order valence-corrected chi connectivity index (χ0v) is 7.55. The highest BCUT2D eigenvalue weighted by atomic mass is 32.1. The smallest absolute Gasteiger partial charge is 0.0804 e. The van der Waals surface area contributed by atoms with Gasteiger partial charge in [-0.2, -0.15) is 0 Å². The summed E-state index contributed by atoms with van der Waals surface area (Å²) in [5, 5.41) is 20.6. The van der Waals surface area contributed by atoms with E-state index in [1.807, 2.05) is 11.4 Å². The topological polar surface area (TPSA) is 40.5 Å². The van der Waals surface area contributed by atoms with Crippen LogP contribution in [0.15, 0.2) is 11.4 Å². The Labute approximate surface area is 75.5 Å². The van der Waals surface area contributed by atoms with Gasteiger partial charge >= 0.3 is 0 Å². The van der Waals surface area contributed by atoms with Crippen LogP contribution in [0, 0.1) is 5.92 Å². The highest BCUT2D eigenvalue weighted by molar-refractivity contribution is 7.10. The van der Waals surface area contributed by atoms with Gasteiger partial charge in [0.2, 0.25) is 0 Å². The van der Waals surface area contributed by atoms with Gasteiger partial charge in [0.25, 0.3) is 0 Å². The van der Waals surface area contributed by atoms with E-state index < -0.39 is 0 Å². The number of fused-ring (bicyclic) bond motifs is 1. The molecule has 3 heteroatoms. The fourth-order valence-electron chi connectivity index (χ4n) is 1.74. The maximum absolute atomic E-state index is 9.65. The van der Waals surface area contributed by atoms with Crippen LogP contribution in [0.3, 0.4) is 0 Å². The Morgan fingerprint density at radius 3 is 3.17 bits per heavy atom. The van der Waals surface area contributed by atoms with E-state index in [1.165, 1.54) is 4.88 Å². The summed E-state index contributed by atoms with van der Waals surface area (Å²) in [6.07, 6.45) is 1.29. The van der Waals surface area contributed by atoms with Gasteiger partial charge in [-0.15, -0.1) is 11.3 Å². The molecule has 0 saturated carbocycles. The molecule has 66 valence electrons. The van der Waals surface area contributed by atoms with Crippen molar-refractivity contribution in [1.82, 2.24) is 0 Å². The number of thiophene rings is 1.